The maximum Gasteiger partial charge on any atom is 0.269 e. The maximum absolute atomic E-state index is 12.5. The lowest BCUT2D eigenvalue weighted by molar-refractivity contribution is 0.0946. The lowest BCUT2D eigenvalue weighted by Crippen LogP contribution is -2.27. The predicted molar refractivity (Wildman–Crippen MR) is 88.9 cm³/mol. The van der Waals surface area contributed by atoms with Crippen molar-refractivity contribution in [2.45, 2.75) is 26.2 Å². The minimum absolute atomic E-state index is 0.224. The molecule has 2 rings (SSSR count). The van der Waals surface area contributed by atoms with E-state index >= 15 is 0 Å². The molecule has 1 amide bonds. The second-order valence-electron chi connectivity index (χ2n) is 5.22. The lowest BCUT2D eigenvalue weighted by atomic mass is 10.2. The summed E-state index contributed by atoms with van der Waals surface area (Å²) in [4.78, 5) is 12.5. The standard InChI is InChI=1S/C18H21N3O2/c1-3-4-5-11-20-18(22)17-14(13-19)10-12-21(17)15-6-8-16(23-2)9-7-15/h6-10,12H,3-5,11H2,1-2H3,(H,20,22). The molecule has 0 unspecified atom stereocenters. The SMILES string of the molecule is CCCCCNC(=O)c1c(C#N)ccn1-c1ccc(OC)cc1. The summed E-state index contributed by atoms with van der Waals surface area (Å²) in [5, 5.41) is 12.1. The fourth-order valence-corrected chi connectivity index (χ4v) is 2.37. The first-order chi connectivity index (χ1) is 11.2. The molecular formula is C18H21N3O2. The van der Waals surface area contributed by atoms with E-state index in [9.17, 15) is 10.1 Å². The summed E-state index contributed by atoms with van der Waals surface area (Å²) in [7, 11) is 1.60. The van der Waals surface area contributed by atoms with Crippen molar-refractivity contribution in [3.63, 3.8) is 0 Å². The summed E-state index contributed by atoms with van der Waals surface area (Å²) >= 11 is 0. The summed E-state index contributed by atoms with van der Waals surface area (Å²) in [6, 6.07) is 11.1. The second kappa shape index (κ2) is 8.04. The van der Waals surface area contributed by atoms with Gasteiger partial charge in [-0.05, 0) is 36.8 Å². The Labute approximate surface area is 136 Å². The predicted octanol–water partition coefficient (Wildman–Crippen LogP) is 3.28. The van der Waals surface area contributed by atoms with Gasteiger partial charge in [-0.1, -0.05) is 19.8 Å². The van der Waals surface area contributed by atoms with E-state index in [1.54, 1.807) is 23.9 Å². The highest BCUT2D eigenvalue weighted by molar-refractivity contribution is 5.95. The molecule has 1 aromatic carbocycles. The van der Waals surface area contributed by atoms with Crippen LogP contribution in [0, 0.1) is 11.3 Å². The average Bonchev–Trinajstić information content (AvgIpc) is 3.02. The molecule has 0 atom stereocenters. The van der Waals surface area contributed by atoms with Crippen LogP contribution in [0.4, 0.5) is 0 Å². The van der Waals surface area contributed by atoms with Gasteiger partial charge in [-0.15, -0.1) is 0 Å². The number of hydrogen-bond acceptors (Lipinski definition) is 3. The number of ether oxygens (including phenoxy) is 1. The van der Waals surface area contributed by atoms with Crippen LogP contribution in [-0.4, -0.2) is 24.1 Å². The molecule has 0 aliphatic rings. The lowest BCUT2D eigenvalue weighted by Gasteiger charge is -2.11. The Balaban J connectivity index is 2.25. The number of nitrogens with one attached hydrogen (secondary N) is 1. The number of nitrogens with zero attached hydrogens (tertiary/aromatic N) is 2. The molecule has 0 saturated heterocycles. The summed E-state index contributed by atoms with van der Waals surface area (Å²) in [5.41, 5.74) is 1.55. The molecule has 0 bridgehead atoms. The van der Waals surface area contributed by atoms with Crippen molar-refractivity contribution in [1.82, 2.24) is 9.88 Å². The van der Waals surface area contributed by atoms with Gasteiger partial charge in [0.1, 0.15) is 17.5 Å². The number of methoxy groups -OCH3 is 1. The van der Waals surface area contributed by atoms with Gasteiger partial charge >= 0.3 is 0 Å². The van der Waals surface area contributed by atoms with E-state index in [4.69, 9.17) is 4.74 Å². The zero-order chi connectivity index (χ0) is 16.7. The summed E-state index contributed by atoms with van der Waals surface area (Å²) < 4.78 is 6.87. The smallest absolute Gasteiger partial charge is 0.269 e. The first kappa shape index (κ1) is 16.6. The first-order valence-corrected chi connectivity index (χ1v) is 7.75. The van der Waals surface area contributed by atoms with E-state index in [2.05, 4.69) is 18.3 Å². The molecule has 23 heavy (non-hydrogen) atoms. The van der Waals surface area contributed by atoms with Gasteiger partial charge in [0.2, 0.25) is 0 Å². The molecule has 0 aliphatic carbocycles. The number of rotatable bonds is 7. The molecular weight excluding hydrogens is 290 g/mol. The van der Waals surface area contributed by atoms with Crippen molar-refractivity contribution in [1.29, 1.82) is 5.26 Å². The molecule has 0 saturated carbocycles. The number of nitriles is 1. The first-order valence-electron chi connectivity index (χ1n) is 7.75. The molecule has 0 aliphatic heterocycles. The molecule has 1 aromatic heterocycles. The normalized spacial score (nSPS) is 10.1. The number of aromatic nitrogens is 1. The Morgan fingerprint density at radius 2 is 2.00 bits per heavy atom. The molecule has 1 heterocycles. The van der Waals surface area contributed by atoms with Crippen molar-refractivity contribution in [2.24, 2.45) is 0 Å². The summed E-state index contributed by atoms with van der Waals surface area (Å²) in [6.45, 7) is 2.73. The highest BCUT2D eigenvalue weighted by atomic mass is 16.5. The molecule has 5 heteroatoms. The maximum atomic E-state index is 12.5. The molecule has 0 radical (unpaired) electrons. The molecule has 120 valence electrons. The van der Waals surface area contributed by atoms with Crippen molar-refractivity contribution >= 4 is 5.91 Å². The number of benzene rings is 1. The van der Waals surface area contributed by atoms with E-state index in [0.29, 0.717) is 17.8 Å². The molecule has 1 N–H and O–H groups in total. The third-order valence-electron chi connectivity index (χ3n) is 3.64. The number of carbonyl (C=O) groups excluding carboxylic acids is 1. The molecule has 2 aromatic rings. The largest absolute Gasteiger partial charge is 0.497 e. The second-order valence-corrected chi connectivity index (χ2v) is 5.22. The van der Waals surface area contributed by atoms with Crippen molar-refractivity contribution in [3.8, 4) is 17.5 Å². The topological polar surface area (TPSA) is 67.0 Å². The van der Waals surface area contributed by atoms with E-state index < -0.39 is 0 Å². The van der Waals surface area contributed by atoms with Crippen molar-refractivity contribution in [2.75, 3.05) is 13.7 Å². The quantitative estimate of drug-likeness (QED) is 0.798. The third kappa shape index (κ3) is 3.92. The van der Waals surface area contributed by atoms with Gasteiger partial charge in [0.05, 0.1) is 12.7 Å². The van der Waals surface area contributed by atoms with Crippen LogP contribution >= 0.6 is 0 Å². The fraction of sp³-hybridized carbons (Fsp3) is 0.333. The molecule has 5 nitrogen and oxygen atoms in total. The van der Waals surface area contributed by atoms with Gasteiger partial charge in [-0.3, -0.25) is 4.79 Å². The van der Waals surface area contributed by atoms with Crippen LogP contribution in [0.15, 0.2) is 36.5 Å². The van der Waals surface area contributed by atoms with Gasteiger partial charge in [-0.25, -0.2) is 0 Å². The Morgan fingerprint density at radius 1 is 1.26 bits per heavy atom. The van der Waals surface area contributed by atoms with Crippen LogP contribution in [0.3, 0.4) is 0 Å². The number of carbonyl (C=O) groups is 1. The number of unbranched alkanes of at least 4 members (excludes halogenated alkanes) is 2. The van der Waals surface area contributed by atoms with Gasteiger partial charge < -0.3 is 14.6 Å². The number of amides is 1. The van der Waals surface area contributed by atoms with Gasteiger partial charge in [0, 0.05) is 18.4 Å². The highest BCUT2D eigenvalue weighted by Crippen LogP contribution is 2.20. The average molecular weight is 311 g/mol. The summed E-state index contributed by atoms with van der Waals surface area (Å²) in [5.74, 6) is 0.519. The van der Waals surface area contributed by atoms with Gasteiger partial charge in [0.25, 0.3) is 5.91 Å². The Morgan fingerprint density at radius 3 is 2.61 bits per heavy atom. The van der Waals surface area contributed by atoms with E-state index in [-0.39, 0.29) is 5.91 Å². The van der Waals surface area contributed by atoms with Gasteiger partial charge in [0.15, 0.2) is 0 Å². The Bertz CT molecular complexity index is 696. The van der Waals surface area contributed by atoms with E-state index in [0.717, 1.165) is 30.7 Å². The zero-order valence-electron chi connectivity index (χ0n) is 13.5. The van der Waals surface area contributed by atoms with E-state index in [1.165, 1.54) is 0 Å². The minimum atomic E-state index is -0.224. The Hall–Kier alpha value is -2.74. The van der Waals surface area contributed by atoms with Crippen molar-refractivity contribution < 1.29 is 9.53 Å². The van der Waals surface area contributed by atoms with Crippen LogP contribution in [-0.2, 0) is 0 Å². The minimum Gasteiger partial charge on any atom is -0.497 e. The van der Waals surface area contributed by atoms with Crippen LogP contribution in [0.2, 0.25) is 0 Å². The van der Waals surface area contributed by atoms with Crippen molar-refractivity contribution in [3.05, 3.63) is 47.8 Å². The summed E-state index contributed by atoms with van der Waals surface area (Å²) in [6.07, 6.45) is 4.85. The molecule has 0 spiro atoms. The van der Waals surface area contributed by atoms with Gasteiger partial charge in [-0.2, -0.15) is 5.26 Å². The fourth-order valence-electron chi connectivity index (χ4n) is 2.37. The zero-order valence-corrected chi connectivity index (χ0v) is 13.5. The third-order valence-corrected chi connectivity index (χ3v) is 3.64. The Kier molecular flexibility index (Phi) is 5.81. The monoisotopic (exact) mass is 311 g/mol. The van der Waals surface area contributed by atoms with Crippen LogP contribution in [0.25, 0.3) is 5.69 Å². The number of hydrogen-bond donors (Lipinski definition) is 1. The van der Waals surface area contributed by atoms with Crippen LogP contribution in [0.5, 0.6) is 5.75 Å². The van der Waals surface area contributed by atoms with Crippen LogP contribution < -0.4 is 10.1 Å². The molecule has 0 fully saturated rings. The highest BCUT2D eigenvalue weighted by Gasteiger charge is 2.17. The van der Waals surface area contributed by atoms with E-state index in [1.807, 2.05) is 24.3 Å². The van der Waals surface area contributed by atoms with Crippen LogP contribution in [0.1, 0.15) is 42.2 Å².